The van der Waals surface area contributed by atoms with Crippen LogP contribution in [0, 0.1) is 11.6 Å². The lowest BCUT2D eigenvalue weighted by Gasteiger charge is -2.36. The van der Waals surface area contributed by atoms with Gasteiger partial charge in [-0.3, -0.25) is 0 Å². The summed E-state index contributed by atoms with van der Waals surface area (Å²) in [4.78, 5) is 24.3. The first-order valence-corrected chi connectivity index (χ1v) is 12.2. The van der Waals surface area contributed by atoms with Crippen LogP contribution in [-0.4, -0.2) is 58.3 Å². The second kappa shape index (κ2) is 9.64. The predicted molar refractivity (Wildman–Crippen MR) is 133 cm³/mol. The van der Waals surface area contributed by atoms with Gasteiger partial charge in [-0.25, -0.2) is 23.5 Å². The van der Waals surface area contributed by atoms with Gasteiger partial charge >= 0.3 is 12.7 Å². The molecule has 8 nitrogen and oxygen atoms in total. The number of nitrogens with zero attached hydrogens (tertiary/aromatic N) is 4. The van der Waals surface area contributed by atoms with Crippen LogP contribution in [-0.2, 0) is 4.74 Å². The third-order valence-electron chi connectivity index (χ3n) is 6.41. The zero-order valence-corrected chi connectivity index (χ0v) is 21.4. The van der Waals surface area contributed by atoms with E-state index in [0.29, 0.717) is 25.2 Å². The second-order valence-corrected chi connectivity index (χ2v) is 10.5. The fourth-order valence-corrected chi connectivity index (χ4v) is 5.08. The van der Waals surface area contributed by atoms with Gasteiger partial charge < -0.3 is 24.6 Å². The van der Waals surface area contributed by atoms with Crippen molar-refractivity contribution in [2.75, 3.05) is 23.3 Å². The number of amides is 1. The lowest BCUT2D eigenvalue weighted by molar-refractivity contribution is -0.0499. The van der Waals surface area contributed by atoms with Gasteiger partial charge in [0.2, 0.25) is 0 Å². The van der Waals surface area contributed by atoms with Crippen LogP contribution in [0.3, 0.4) is 0 Å². The fraction of sp³-hybridized carbons (Fsp3) is 0.400. The standard InChI is InChI=1S/C25H24ClF4N5O3/c1-25(2,3)38-24(36)35-10-12-8-13(35)9-34(12)16-6-4-14-18(21(16)28)22(32-11-31-14)33-15-5-7-17(37-23(29)30)19(26)20(15)27/h4-7,11-13,23H,8-10H2,1-3H3,(H,31,32,33)/t12-,13-/m0/s1. The normalized spacial score (nSPS) is 19.0. The highest BCUT2D eigenvalue weighted by molar-refractivity contribution is 6.32. The van der Waals surface area contributed by atoms with Crippen LogP contribution >= 0.6 is 11.6 Å². The van der Waals surface area contributed by atoms with Gasteiger partial charge in [0.05, 0.1) is 28.3 Å². The molecular weight excluding hydrogens is 530 g/mol. The Morgan fingerprint density at radius 3 is 2.53 bits per heavy atom. The van der Waals surface area contributed by atoms with Gasteiger partial charge in [0, 0.05) is 19.1 Å². The SMILES string of the molecule is CC(C)(C)OC(=O)N1C[C@@H]2C[C@H]1CN2c1ccc2ncnc(Nc3ccc(OC(F)F)c(Cl)c3F)c2c1F. The molecule has 202 valence electrons. The maximum Gasteiger partial charge on any atom is 0.410 e. The van der Waals surface area contributed by atoms with Crippen molar-refractivity contribution in [2.24, 2.45) is 0 Å². The van der Waals surface area contributed by atoms with Crippen LogP contribution < -0.4 is 15.0 Å². The molecule has 0 saturated carbocycles. The van der Waals surface area contributed by atoms with Crippen LogP contribution in [0.25, 0.3) is 10.9 Å². The Balaban J connectivity index is 1.42. The third-order valence-corrected chi connectivity index (χ3v) is 6.77. The maximum atomic E-state index is 16.0. The number of fused-ring (bicyclic) bond motifs is 3. The molecule has 0 aliphatic carbocycles. The first-order chi connectivity index (χ1) is 17.9. The minimum Gasteiger partial charge on any atom is -0.444 e. The molecule has 0 radical (unpaired) electrons. The summed E-state index contributed by atoms with van der Waals surface area (Å²) in [5.74, 6) is -2.25. The van der Waals surface area contributed by atoms with Crippen molar-refractivity contribution in [1.29, 1.82) is 0 Å². The van der Waals surface area contributed by atoms with E-state index in [1.165, 1.54) is 6.33 Å². The van der Waals surface area contributed by atoms with E-state index < -0.39 is 40.7 Å². The van der Waals surface area contributed by atoms with E-state index in [9.17, 15) is 18.0 Å². The van der Waals surface area contributed by atoms with E-state index >= 15 is 4.39 Å². The Hall–Kier alpha value is -3.54. The van der Waals surface area contributed by atoms with Crippen molar-refractivity contribution in [3.05, 3.63) is 47.2 Å². The highest BCUT2D eigenvalue weighted by Gasteiger charge is 2.47. The Morgan fingerprint density at radius 1 is 1.11 bits per heavy atom. The molecule has 2 aromatic carbocycles. The van der Waals surface area contributed by atoms with Crippen LogP contribution in [0.15, 0.2) is 30.6 Å². The molecule has 5 rings (SSSR count). The average Bonchev–Trinajstić information content (AvgIpc) is 3.44. The van der Waals surface area contributed by atoms with Gasteiger partial charge in [0.25, 0.3) is 0 Å². The highest BCUT2D eigenvalue weighted by Crippen LogP contribution is 2.40. The van der Waals surface area contributed by atoms with Crippen molar-refractivity contribution >= 4 is 45.8 Å². The molecule has 0 spiro atoms. The number of likely N-dealkylation sites (tertiary alicyclic amines) is 1. The van der Waals surface area contributed by atoms with Gasteiger partial charge in [-0.05, 0) is 51.5 Å². The van der Waals surface area contributed by atoms with Crippen LogP contribution in [0.5, 0.6) is 5.75 Å². The van der Waals surface area contributed by atoms with E-state index in [1.807, 2.05) is 4.90 Å². The lowest BCUT2D eigenvalue weighted by Crippen LogP contribution is -2.50. The van der Waals surface area contributed by atoms with E-state index in [4.69, 9.17) is 16.3 Å². The van der Waals surface area contributed by atoms with Gasteiger partial charge in [-0.15, -0.1) is 0 Å². The van der Waals surface area contributed by atoms with Crippen molar-refractivity contribution in [1.82, 2.24) is 14.9 Å². The lowest BCUT2D eigenvalue weighted by atomic mass is 10.1. The quantitative estimate of drug-likeness (QED) is 0.382. The number of benzene rings is 2. The number of piperazine rings is 1. The van der Waals surface area contributed by atoms with Crippen molar-refractivity contribution < 1.29 is 31.8 Å². The molecule has 2 saturated heterocycles. The number of halogens is 5. The molecular formula is C25H24ClF4N5O3. The number of ether oxygens (including phenoxy) is 2. The Bertz CT molecular complexity index is 1400. The molecule has 2 aliphatic rings. The fourth-order valence-electron chi connectivity index (χ4n) is 4.87. The average molecular weight is 554 g/mol. The summed E-state index contributed by atoms with van der Waals surface area (Å²) in [7, 11) is 0. The Morgan fingerprint density at radius 2 is 1.87 bits per heavy atom. The van der Waals surface area contributed by atoms with Crippen molar-refractivity contribution in [3.8, 4) is 5.75 Å². The summed E-state index contributed by atoms with van der Waals surface area (Å²) in [5, 5.41) is 2.05. The molecule has 2 aliphatic heterocycles. The number of nitrogens with one attached hydrogen (secondary N) is 1. The number of hydrogen-bond acceptors (Lipinski definition) is 7. The topological polar surface area (TPSA) is 79.8 Å². The molecule has 3 aromatic rings. The number of carbonyl (C=O) groups excluding carboxylic acids is 1. The van der Waals surface area contributed by atoms with Crippen LogP contribution in [0.1, 0.15) is 27.2 Å². The largest absolute Gasteiger partial charge is 0.444 e. The van der Waals surface area contributed by atoms with Gasteiger partial charge in [0.15, 0.2) is 11.6 Å². The minimum atomic E-state index is -3.18. The summed E-state index contributed by atoms with van der Waals surface area (Å²) >= 11 is 5.85. The zero-order valence-electron chi connectivity index (χ0n) is 20.6. The number of carbonyl (C=O) groups is 1. The van der Waals surface area contributed by atoms with E-state index in [-0.39, 0.29) is 34.5 Å². The number of hydrogen-bond donors (Lipinski definition) is 1. The Labute approximate surface area is 220 Å². The maximum absolute atomic E-state index is 16.0. The number of rotatable bonds is 5. The summed E-state index contributed by atoms with van der Waals surface area (Å²) in [6, 6.07) is 5.21. The molecule has 3 heterocycles. The summed E-state index contributed by atoms with van der Waals surface area (Å²) in [6.45, 7) is 3.03. The number of alkyl halides is 2. The minimum absolute atomic E-state index is 0.0141. The number of aromatic nitrogens is 2. The molecule has 38 heavy (non-hydrogen) atoms. The molecule has 13 heteroatoms. The van der Waals surface area contributed by atoms with Gasteiger partial charge in [0.1, 0.15) is 28.5 Å². The predicted octanol–water partition coefficient (Wildman–Crippen LogP) is 6.10. The van der Waals surface area contributed by atoms with Crippen molar-refractivity contribution in [2.45, 2.75) is 51.5 Å². The van der Waals surface area contributed by atoms with Gasteiger partial charge in [-0.1, -0.05) is 11.6 Å². The zero-order chi connectivity index (χ0) is 27.4. The first-order valence-electron chi connectivity index (χ1n) is 11.8. The second-order valence-electron chi connectivity index (χ2n) is 10.1. The first kappa shape index (κ1) is 26.1. The van der Waals surface area contributed by atoms with Crippen LogP contribution in [0.4, 0.5) is 39.5 Å². The summed E-state index contributed by atoms with van der Waals surface area (Å²) in [5.41, 5.74) is -0.264. The van der Waals surface area contributed by atoms with Crippen molar-refractivity contribution in [3.63, 3.8) is 0 Å². The van der Waals surface area contributed by atoms with E-state index in [1.54, 1.807) is 37.8 Å². The molecule has 0 unspecified atom stereocenters. The molecule has 1 amide bonds. The molecule has 2 atom stereocenters. The smallest absolute Gasteiger partial charge is 0.410 e. The summed E-state index contributed by atoms with van der Waals surface area (Å²) < 4.78 is 65.6. The molecule has 2 fully saturated rings. The highest BCUT2D eigenvalue weighted by atomic mass is 35.5. The Kier molecular flexibility index (Phi) is 6.62. The van der Waals surface area contributed by atoms with E-state index in [0.717, 1.165) is 12.1 Å². The third kappa shape index (κ3) is 4.84. The van der Waals surface area contributed by atoms with E-state index in [2.05, 4.69) is 20.0 Å². The molecule has 2 bridgehead atoms. The molecule has 1 aromatic heterocycles. The molecule has 1 N–H and O–H groups in total. The van der Waals surface area contributed by atoms with Gasteiger partial charge in [-0.2, -0.15) is 8.78 Å². The number of anilines is 3. The summed E-state index contributed by atoms with van der Waals surface area (Å²) in [6.07, 6.45) is 1.46. The van der Waals surface area contributed by atoms with Crippen LogP contribution in [0.2, 0.25) is 5.02 Å². The monoisotopic (exact) mass is 553 g/mol.